The lowest BCUT2D eigenvalue weighted by atomic mass is 10.2. The van der Waals surface area contributed by atoms with Gasteiger partial charge in [0.25, 0.3) is 5.91 Å². The molecule has 0 aliphatic carbocycles. The van der Waals surface area contributed by atoms with Crippen molar-refractivity contribution in [3.63, 3.8) is 0 Å². The van der Waals surface area contributed by atoms with E-state index in [0.717, 1.165) is 5.56 Å². The number of aryl methyl sites for hydroxylation is 1. The number of benzene rings is 2. The third-order valence-corrected chi connectivity index (χ3v) is 7.04. The Morgan fingerprint density at radius 3 is 2.17 bits per heavy atom. The molecule has 1 saturated heterocycles. The summed E-state index contributed by atoms with van der Waals surface area (Å²) in [7, 11) is -3.59. The third kappa shape index (κ3) is 4.01. The third-order valence-electron chi connectivity index (χ3n) is 5.13. The second-order valence-electron chi connectivity index (χ2n) is 7.18. The van der Waals surface area contributed by atoms with Gasteiger partial charge in [0, 0.05) is 31.7 Å². The van der Waals surface area contributed by atoms with E-state index in [1.54, 1.807) is 53.4 Å². The van der Waals surface area contributed by atoms with Gasteiger partial charge >= 0.3 is 0 Å². The molecule has 1 fully saturated rings. The Bertz CT molecular complexity index is 1150. The number of furan rings is 1. The van der Waals surface area contributed by atoms with Gasteiger partial charge in [-0.25, -0.2) is 12.8 Å². The quantitative estimate of drug-likeness (QED) is 0.637. The molecule has 0 spiro atoms. The van der Waals surface area contributed by atoms with Crippen LogP contribution in [0.2, 0.25) is 0 Å². The minimum absolute atomic E-state index is 0.171. The van der Waals surface area contributed by atoms with E-state index in [-0.39, 0.29) is 48.6 Å². The van der Waals surface area contributed by atoms with Crippen LogP contribution in [0.4, 0.5) is 4.39 Å². The highest BCUT2D eigenvalue weighted by Crippen LogP contribution is 2.24. The lowest BCUT2D eigenvalue weighted by Gasteiger charge is -2.33. The Morgan fingerprint density at radius 1 is 0.900 bits per heavy atom. The van der Waals surface area contributed by atoms with Gasteiger partial charge in [0.05, 0.1) is 4.90 Å². The summed E-state index contributed by atoms with van der Waals surface area (Å²) >= 11 is 0. The van der Waals surface area contributed by atoms with E-state index in [0.29, 0.717) is 11.3 Å². The maximum atomic E-state index is 13.1. The normalized spacial score (nSPS) is 15.3. The number of hydrogen-bond acceptors (Lipinski definition) is 4. The number of nitrogens with zero attached hydrogens (tertiary/aromatic N) is 2. The SMILES string of the molecule is Cc1ccc(S(=O)(=O)N2CCN(C(=O)c3ccc(-c4ccc(F)cc4)o3)CC2)cc1. The fourth-order valence-electron chi connectivity index (χ4n) is 3.37. The van der Waals surface area contributed by atoms with Crippen molar-refractivity contribution in [1.29, 1.82) is 0 Å². The Balaban J connectivity index is 1.42. The van der Waals surface area contributed by atoms with Gasteiger partial charge < -0.3 is 9.32 Å². The molecule has 2 heterocycles. The van der Waals surface area contributed by atoms with Crippen LogP contribution >= 0.6 is 0 Å². The van der Waals surface area contributed by atoms with E-state index < -0.39 is 10.0 Å². The zero-order valence-electron chi connectivity index (χ0n) is 16.4. The Hall–Kier alpha value is -2.97. The summed E-state index contributed by atoms with van der Waals surface area (Å²) in [5.74, 6) is -0.00101. The van der Waals surface area contributed by atoms with Gasteiger partial charge in [0.15, 0.2) is 5.76 Å². The molecule has 8 heteroatoms. The highest BCUT2D eigenvalue weighted by Gasteiger charge is 2.31. The minimum atomic E-state index is -3.59. The van der Waals surface area contributed by atoms with Crippen LogP contribution in [0.25, 0.3) is 11.3 Å². The van der Waals surface area contributed by atoms with E-state index in [1.165, 1.54) is 16.4 Å². The van der Waals surface area contributed by atoms with Crippen LogP contribution in [-0.2, 0) is 10.0 Å². The summed E-state index contributed by atoms with van der Waals surface area (Å²) in [6.07, 6.45) is 0. The summed E-state index contributed by atoms with van der Waals surface area (Å²) in [6, 6.07) is 15.8. The fourth-order valence-corrected chi connectivity index (χ4v) is 4.79. The lowest BCUT2D eigenvalue weighted by Crippen LogP contribution is -2.50. The van der Waals surface area contributed by atoms with Crippen molar-refractivity contribution in [2.45, 2.75) is 11.8 Å². The van der Waals surface area contributed by atoms with Gasteiger partial charge in [0.1, 0.15) is 11.6 Å². The molecule has 156 valence electrons. The van der Waals surface area contributed by atoms with Crippen molar-refractivity contribution in [2.24, 2.45) is 0 Å². The second kappa shape index (κ2) is 8.04. The second-order valence-corrected chi connectivity index (χ2v) is 9.12. The van der Waals surface area contributed by atoms with Gasteiger partial charge in [-0.15, -0.1) is 0 Å². The van der Waals surface area contributed by atoms with E-state index in [2.05, 4.69) is 0 Å². The molecule has 0 atom stereocenters. The van der Waals surface area contributed by atoms with Gasteiger partial charge in [-0.3, -0.25) is 4.79 Å². The monoisotopic (exact) mass is 428 g/mol. The summed E-state index contributed by atoms with van der Waals surface area (Å²) < 4.78 is 45.7. The van der Waals surface area contributed by atoms with Crippen molar-refractivity contribution in [3.8, 4) is 11.3 Å². The topological polar surface area (TPSA) is 70.8 Å². The van der Waals surface area contributed by atoms with Crippen molar-refractivity contribution in [2.75, 3.05) is 26.2 Å². The molecule has 1 aliphatic heterocycles. The van der Waals surface area contributed by atoms with Crippen molar-refractivity contribution < 1.29 is 22.0 Å². The van der Waals surface area contributed by atoms with Crippen LogP contribution in [0.15, 0.2) is 70.0 Å². The predicted octanol–water partition coefficient (Wildman–Crippen LogP) is 3.54. The molecule has 1 aromatic heterocycles. The molecule has 1 amide bonds. The molecular weight excluding hydrogens is 407 g/mol. The molecule has 0 saturated carbocycles. The molecule has 0 radical (unpaired) electrons. The van der Waals surface area contributed by atoms with Crippen LogP contribution < -0.4 is 0 Å². The molecule has 0 bridgehead atoms. The predicted molar refractivity (Wildman–Crippen MR) is 110 cm³/mol. The molecule has 0 N–H and O–H groups in total. The Morgan fingerprint density at radius 2 is 1.53 bits per heavy atom. The largest absolute Gasteiger partial charge is 0.451 e. The number of carbonyl (C=O) groups excluding carboxylic acids is 1. The van der Waals surface area contributed by atoms with Gasteiger partial charge in [-0.1, -0.05) is 17.7 Å². The van der Waals surface area contributed by atoms with Crippen molar-refractivity contribution in [3.05, 3.63) is 77.8 Å². The first-order valence-electron chi connectivity index (χ1n) is 9.56. The van der Waals surface area contributed by atoms with Crippen molar-refractivity contribution in [1.82, 2.24) is 9.21 Å². The molecule has 30 heavy (non-hydrogen) atoms. The zero-order chi connectivity index (χ0) is 21.3. The number of hydrogen-bond donors (Lipinski definition) is 0. The van der Waals surface area contributed by atoms with Crippen LogP contribution in [0, 0.1) is 12.7 Å². The summed E-state index contributed by atoms with van der Waals surface area (Å²) in [5, 5.41) is 0. The molecule has 3 aromatic rings. The Kier molecular flexibility index (Phi) is 5.44. The van der Waals surface area contributed by atoms with Crippen LogP contribution in [0.1, 0.15) is 16.1 Å². The summed E-state index contributed by atoms with van der Waals surface area (Å²) in [6.45, 7) is 2.88. The molecule has 1 aliphatic rings. The van der Waals surface area contributed by atoms with Crippen LogP contribution in [0.3, 0.4) is 0 Å². The molecule has 0 unspecified atom stereocenters. The molecule has 6 nitrogen and oxygen atoms in total. The van der Waals surface area contributed by atoms with E-state index in [4.69, 9.17) is 4.42 Å². The molecular formula is C22H21FN2O4S. The van der Waals surface area contributed by atoms with Crippen LogP contribution in [0.5, 0.6) is 0 Å². The standard InChI is InChI=1S/C22H21FN2O4S/c1-16-2-8-19(9-3-16)30(27,28)25-14-12-24(13-15-25)22(26)21-11-10-20(29-21)17-4-6-18(23)7-5-17/h2-11H,12-15H2,1H3. The number of carbonyl (C=O) groups is 1. The lowest BCUT2D eigenvalue weighted by molar-refractivity contribution is 0.0667. The van der Waals surface area contributed by atoms with Crippen molar-refractivity contribution >= 4 is 15.9 Å². The Labute approximate surface area is 174 Å². The number of piperazine rings is 1. The fraction of sp³-hybridized carbons (Fsp3) is 0.227. The number of rotatable bonds is 4. The van der Waals surface area contributed by atoms with E-state index >= 15 is 0 Å². The zero-order valence-corrected chi connectivity index (χ0v) is 17.2. The van der Waals surface area contributed by atoms with Gasteiger partial charge in [-0.05, 0) is 55.5 Å². The first kappa shape index (κ1) is 20.3. The highest BCUT2D eigenvalue weighted by molar-refractivity contribution is 7.89. The summed E-state index contributed by atoms with van der Waals surface area (Å²) in [5.41, 5.74) is 1.66. The maximum absolute atomic E-state index is 13.1. The average molecular weight is 428 g/mol. The van der Waals surface area contributed by atoms with E-state index in [1.807, 2.05) is 6.92 Å². The number of sulfonamides is 1. The minimum Gasteiger partial charge on any atom is -0.451 e. The smallest absolute Gasteiger partial charge is 0.289 e. The van der Waals surface area contributed by atoms with Gasteiger partial charge in [-0.2, -0.15) is 4.31 Å². The first-order valence-corrected chi connectivity index (χ1v) is 11.0. The number of halogens is 1. The van der Waals surface area contributed by atoms with E-state index in [9.17, 15) is 17.6 Å². The first-order chi connectivity index (χ1) is 14.3. The van der Waals surface area contributed by atoms with Crippen LogP contribution in [-0.4, -0.2) is 49.7 Å². The molecule has 4 rings (SSSR count). The highest BCUT2D eigenvalue weighted by atomic mass is 32.2. The summed E-state index contributed by atoms with van der Waals surface area (Å²) in [4.78, 5) is 14.6. The van der Waals surface area contributed by atoms with Gasteiger partial charge in [0.2, 0.25) is 10.0 Å². The average Bonchev–Trinajstić information content (AvgIpc) is 3.24. The molecule has 2 aromatic carbocycles. The number of amides is 1. The maximum Gasteiger partial charge on any atom is 0.289 e.